The molecule has 2 aromatic carbocycles. The Morgan fingerprint density at radius 2 is 1.61 bits per heavy atom. The first-order valence-electron chi connectivity index (χ1n) is 10.6. The van der Waals surface area contributed by atoms with Crippen molar-refractivity contribution in [2.45, 2.75) is 57.0 Å². The van der Waals surface area contributed by atoms with E-state index in [2.05, 4.69) is 12.2 Å². The summed E-state index contributed by atoms with van der Waals surface area (Å²) in [5.41, 5.74) is 0.947. The minimum atomic E-state index is -0.499. The maximum absolute atomic E-state index is 13.2. The Kier molecular flexibility index (Phi) is 11.3. The van der Waals surface area contributed by atoms with Crippen molar-refractivity contribution in [2.24, 2.45) is 0 Å². The molecule has 31 heavy (non-hydrogen) atoms. The van der Waals surface area contributed by atoms with Crippen molar-refractivity contribution in [2.75, 3.05) is 12.3 Å². The van der Waals surface area contributed by atoms with Gasteiger partial charge in [-0.1, -0.05) is 55.6 Å². The Bertz CT molecular complexity index is 828. The van der Waals surface area contributed by atoms with Gasteiger partial charge >= 0.3 is 0 Å². The number of halogens is 2. The van der Waals surface area contributed by atoms with Gasteiger partial charge in [-0.3, -0.25) is 9.59 Å². The topological polar surface area (TPSA) is 49.4 Å². The number of thioether (sulfide) groups is 1. The molecule has 0 heterocycles. The van der Waals surface area contributed by atoms with Crippen molar-refractivity contribution in [3.8, 4) is 0 Å². The first kappa shape index (κ1) is 25.6. The molecule has 0 aromatic heterocycles. The molecule has 2 aromatic rings. The summed E-state index contributed by atoms with van der Waals surface area (Å²) in [6, 6.07) is 14.5. The number of rotatable bonds is 12. The number of unbranched alkanes of at least 4 members (excludes halogenated alkanes) is 1. The summed E-state index contributed by atoms with van der Waals surface area (Å²) in [5, 5.41) is 4.31. The van der Waals surface area contributed by atoms with E-state index in [1.54, 1.807) is 28.8 Å². The van der Waals surface area contributed by atoms with Crippen molar-refractivity contribution in [1.82, 2.24) is 10.2 Å². The minimum absolute atomic E-state index is 0.0334. The summed E-state index contributed by atoms with van der Waals surface area (Å²) in [5.74, 6) is 0.503. The fourth-order valence-corrected chi connectivity index (χ4v) is 4.24. The summed E-state index contributed by atoms with van der Waals surface area (Å²) in [6.45, 7) is 5.02. The van der Waals surface area contributed by atoms with Crippen molar-refractivity contribution in [3.63, 3.8) is 0 Å². The Balaban J connectivity index is 2.08. The highest BCUT2D eigenvalue weighted by molar-refractivity contribution is 7.99. The number of hydrogen-bond donors (Lipinski definition) is 1. The van der Waals surface area contributed by atoms with Gasteiger partial charge in [0.05, 0.1) is 0 Å². The highest BCUT2D eigenvalue weighted by Gasteiger charge is 2.28. The molecule has 2 rings (SSSR count). The van der Waals surface area contributed by atoms with Crippen LogP contribution in [0.4, 0.5) is 0 Å². The second-order valence-electron chi connectivity index (χ2n) is 7.27. The summed E-state index contributed by atoms with van der Waals surface area (Å²) in [6.07, 6.45) is 2.83. The van der Waals surface area contributed by atoms with E-state index in [0.29, 0.717) is 41.7 Å². The predicted octanol–water partition coefficient (Wildman–Crippen LogP) is 6.20. The number of nitrogens with one attached hydrogen (secondary N) is 1. The van der Waals surface area contributed by atoms with Gasteiger partial charge in [0.15, 0.2) is 0 Å². The average Bonchev–Trinajstić information content (AvgIpc) is 2.76. The number of nitrogens with zero attached hydrogens (tertiary/aromatic N) is 1. The van der Waals surface area contributed by atoms with Crippen LogP contribution in [0, 0.1) is 0 Å². The molecule has 1 unspecified atom stereocenters. The lowest BCUT2D eigenvalue weighted by Gasteiger charge is -2.30. The molecule has 0 saturated heterocycles. The van der Waals surface area contributed by atoms with E-state index in [4.69, 9.17) is 23.2 Å². The van der Waals surface area contributed by atoms with Crippen molar-refractivity contribution < 1.29 is 9.59 Å². The molecule has 0 aliphatic rings. The van der Waals surface area contributed by atoms with Gasteiger partial charge in [0.1, 0.15) is 6.04 Å². The number of hydrogen-bond acceptors (Lipinski definition) is 3. The fourth-order valence-electron chi connectivity index (χ4n) is 3.14. The van der Waals surface area contributed by atoms with Crippen LogP contribution in [0.5, 0.6) is 0 Å². The molecule has 0 spiro atoms. The molecule has 7 heteroatoms. The van der Waals surface area contributed by atoms with Crippen LogP contribution < -0.4 is 5.32 Å². The summed E-state index contributed by atoms with van der Waals surface area (Å²) >= 11 is 13.5. The first-order valence-corrected chi connectivity index (χ1v) is 12.4. The molecule has 4 nitrogen and oxygen atoms in total. The standard InChI is InChI=1S/C24H30Cl2N2O2S/c1-3-5-15-27-24(30)22(4-2)28(17-18-6-8-19(25)9-7-18)23(29)14-16-31-21-12-10-20(26)11-13-21/h6-13,22H,3-5,14-17H2,1-2H3,(H,27,30). The lowest BCUT2D eigenvalue weighted by Crippen LogP contribution is -2.49. The third kappa shape index (κ3) is 8.76. The first-order chi connectivity index (χ1) is 14.9. The summed E-state index contributed by atoms with van der Waals surface area (Å²) in [4.78, 5) is 28.8. The van der Waals surface area contributed by atoms with Gasteiger partial charge < -0.3 is 10.2 Å². The Morgan fingerprint density at radius 1 is 1.00 bits per heavy atom. The Morgan fingerprint density at radius 3 is 2.19 bits per heavy atom. The molecule has 0 aliphatic heterocycles. The highest BCUT2D eigenvalue weighted by atomic mass is 35.5. The van der Waals surface area contributed by atoms with E-state index < -0.39 is 6.04 Å². The lowest BCUT2D eigenvalue weighted by atomic mass is 10.1. The molecule has 1 atom stereocenters. The monoisotopic (exact) mass is 480 g/mol. The second-order valence-corrected chi connectivity index (χ2v) is 9.31. The minimum Gasteiger partial charge on any atom is -0.354 e. The molecule has 0 bridgehead atoms. The fraction of sp³-hybridized carbons (Fsp3) is 0.417. The van der Waals surface area contributed by atoms with Gasteiger partial charge in [-0.2, -0.15) is 0 Å². The van der Waals surface area contributed by atoms with Gasteiger partial charge in [-0.25, -0.2) is 0 Å². The van der Waals surface area contributed by atoms with Crippen LogP contribution in [0.3, 0.4) is 0 Å². The van der Waals surface area contributed by atoms with Crippen molar-refractivity contribution in [3.05, 3.63) is 64.1 Å². The zero-order chi connectivity index (χ0) is 22.6. The average molecular weight is 481 g/mol. The number of carbonyl (C=O) groups is 2. The van der Waals surface area contributed by atoms with Crippen LogP contribution in [-0.2, 0) is 16.1 Å². The largest absolute Gasteiger partial charge is 0.354 e. The van der Waals surface area contributed by atoms with Crippen molar-refractivity contribution >= 4 is 46.8 Å². The van der Waals surface area contributed by atoms with E-state index >= 15 is 0 Å². The Hall–Kier alpha value is -1.69. The quantitative estimate of drug-likeness (QED) is 0.290. The third-order valence-corrected chi connectivity index (χ3v) is 6.40. The SMILES string of the molecule is CCCCNC(=O)C(CC)N(Cc1ccc(Cl)cc1)C(=O)CCSc1ccc(Cl)cc1. The van der Waals surface area contributed by atoms with E-state index in [-0.39, 0.29) is 11.8 Å². The van der Waals surface area contributed by atoms with E-state index in [1.165, 1.54) is 0 Å². The van der Waals surface area contributed by atoms with Gasteiger partial charge in [0.2, 0.25) is 11.8 Å². The van der Waals surface area contributed by atoms with Crippen molar-refractivity contribution in [1.29, 1.82) is 0 Å². The van der Waals surface area contributed by atoms with E-state index in [1.807, 2.05) is 43.3 Å². The number of benzene rings is 2. The predicted molar refractivity (Wildman–Crippen MR) is 131 cm³/mol. The normalized spacial score (nSPS) is 11.7. The van der Waals surface area contributed by atoms with Crippen LogP contribution in [0.15, 0.2) is 53.4 Å². The van der Waals surface area contributed by atoms with Gasteiger partial charge in [0, 0.05) is 40.2 Å². The maximum Gasteiger partial charge on any atom is 0.242 e. The van der Waals surface area contributed by atoms with Crippen LogP contribution in [0.2, 0.25) is 10.0 Å². The van der Waals surface area contributed by atoms with Crippen LogP contribution in [0.1, 0.15) is 45.1 Å². The van der Waals surface area contributed by atoms with Gasteiger partial charge in [-0.15, -0.1) is 11.8 Å². The van der Waals surface area contributed by atoms with Crippen LogP contribution >= 0.6 is 35.0 Å². The zero-order valence-electron chi connectivity index (χ0n) is 18.1. The molecule has 168 valence electrons. The van der Waals surface area contributed by atoms with E-state index in [0.717, 1.165) is 23.3 Å². The molecule has 1 N–H and O–H groups in total. The summed E-state index contributed by atoms with van der Waals surface area (Å²) in [7, 11) is 0. The van der Waals surface area contributed by atoms with Crippen LogP contribution in [0.25, 0.3) is 0 Å². The molecular weight excluding hydrogens is 451 g/mol. The van der Waals surface area contributed by atoms with E-state index in [9.17, 15) is 9.59 Å². The zero-order valence-corrected chi connectivity index (χ0v) is 20.4. The lowest BCUT2D eigenvalue weighted by molar-refractivity contribution is -0.141. The molecule has 0 fully saturated rings. The second kappa shape index (κ2) is 13.7. The van der Waals surface area contributed by atoms with Gasteiger partial charge in [-0.05, 0) is 54.8 Å². The smallest absolute Gasteiger partial charge is 0.242 e. The van der Waals surface area contributed by atoms with Gasteiger partial charge in [0.25, 0.3) is 0 Å². The molecule has 0 aliphatic carbocycles. The molecule has 2 amide bonds. The van der Waals surface area contributed by atoms with Crippen LogP contribution in [-0.4, -0.2) is 35.1 Å². The third-order valence-electron chi connectivity index (χ3n) is 4.88. The molecule has 0 saturated carbocycles. The molecule has 0 radical (unpaired) electrons. The maximum atomic E-state index is 13.2. The summed E-state index contributed by atoms with van der Waals surface area (Å²) < 4.78 is 0. The number of amides is 2. The Labute approximate surface area is 199 Å². The molecular formula is C24H30Cl2N2O2S. The number of carbonyl (C=O) groups excluding carboxylic acids is 2. The highest BCUT2D eigenvalue weighted by Crippen LogP contribution is 2.22.